The molecule has 2 rings (SSSR count). The third-order valence-corrected chi connectivity index (χ3v) is 3.93. The van der Waals surface area contributed by atoms with Gasteiger partial charge in [-0.15, -0.1) is 0 Å². The average Bonchev–Trinajstić information content (AvgIpc) is 2.58. The first-order valence-electron chi connectivity index (χ1n) is 6.61. The van der Waals surface area contributed by atoms with Crippen molar-refractivity contribution in [1.29, 1.82) is 0 Å². The first kappa shape index (κ1) is 12.8. The van der Waals surface area contributed by atoms with Gasteiger partial charge in [0, 0.05) is 32.0 Å². The monoisotopic (exact) mass is 240 g/mol. The van der Waals surface area contributed by atoms with Gasteiger partial charge >= 0.3 is 0 Å². The van der Waals surface area contributed by atoms with E-state index in [1.54, 1.807) is 0 Å². The lowest BCUT2D eigenvalue weighted by molar-refractivity contribution is -0.0298. The van der Waals surface area contributed by atoms with Crippen molar-refractivity contribution in [3.05, 3.63) is 0 Å². The molecule has 0 aromatic carbocycles. The summed E-state index contributed by atoms with van der Waals surface area (Å²) in [5, 5.41) is 12.2. The van der Waals surface area contributed by atoms with Crippen molar-refractivity contribution in [3.8, 4) is 0 Å². The molecule has 2 unspecified atom stereocenters. The van der Waals surface area contributed by atoms with Crippen LogP contribution in [0.5, 0.6) is 0 Å². The quantitative estimate of drug-likeness (QED) is 0.594. The highest BCUT2D eigenvalue weighted by atomic mass is 16.5. The maximum atomic E-state index is 8.85. The van der Waals surface area contributed by atoms with Gasteiger partial charge in [-0.25, -0.2) is 0 Å². The molecule has 2 fully saturated rings. The molecule has 0 aliphatic carbocycles. The standard InChI is InChI=1S/C13H24N2O2/c1-10-8-15(7-5-12(10)14-16)9-11-4-6-13(2,3)17-11/h10-11,16H,4-9H2,1-3H3. The fraction of sp³-hybridized carbons (Fsp3) is 0.923. The SMILES string of the molecule is CC1CN(CC2CCC(C)(C)O2)CCC1=NO. The van der Waals surface area contributed by atoms with E-state index in [0.29, 0.717) is 12.0 Å². The van der Waals surface area contributed by atoms with E-state index in [9.17, 15) is 0 Å². The lowest BCUT2D eigenvalue weighted by atomic mass is 9.97. The molecule has 2 aliphatic rings. The molecule has 0 bridgehead atoms. The third kappa shape index (κ3) is 3.19. The number of ether oxygens (including phenoxy) is 1. The number of hydrogen-bond donors (Lipinski definition) is 1. The Labute approximate surface area is 104 Å². The Balaban J connectivity index is 1.82. The molecule has 0 aromatic heterocycles. The summed E-state index contributed by atoms with van der Waals surface area (Å²) in [7, 11) is 0. The van der Waals surface area contributed by atoms with E-state index < -0.39 is 0 Å². The van der Waals surface area contributed by atoms with Gasteiger partial charge in [0.25, 0.3) is 0 Å². The summed E-state index contributed by atoms with van der Waals surface area (Å²) in [5.41, 5.74) is 0.998. The van der Waals surface area contributed by atoms with Gasteiger partial charge in [-0.1, -0.05) is 12.1 Å². The van der Waals surface area contributed by atoms with Crippen molar-refractivity contribution < 1.29 is 9.94 Å². The second-order valence-corrected chi connectivity index (χ2v) is 6.04. The van der Waals surface area contributed by atoms with Crippen LogP contribution in [0.1, 0.15) is 40.0 Å². The summed E-state index contributed by atoms with van der Waals surface area (Å²) in [6, 6.07) is 0. The van der Waals surface area contributed by atoms with Crippen LogP contribution in [0.15, 0.2) is 5.16 Å². The van der Waals surface area contributed by atoms with Gasteiger partial charge in [0.15, 0.2) is 0 Å². The average molecular weight is 240 g/mol. The minimum absolute atomic E-state index is 0.0593. The molecule has 0 radical (unpaired) electrons. The van der Waals surface area contributed by atoms with Crippen LogP contribution in [0.4, 0.5) is 0 Å². The molecule has 98 valence electrons. The highest BCUT2D eigenvalue weighted by molar-refractivity contribution is 5.86. The Morgan fingerprint density at radius 1 is 1.53 bits per heavy atom. The van der Waals surface area contributed by atoms with Gasteiger partial charge in [0.05, 0.1) is 17.4 Å². The first-order chi connectivity index (χ1) is 8.00. The molecule has 2 heterocycles. The van der Waals surface area contributed by atoms with Crippen LogP contribution in [0.2, 0.25) is 0 Å². The molecular weight excluding hydrogens is 216 g/mol. The molecular formula is C13H24N2O2. The normalized spacial score (nSPS) is 36.5. The Hall–Kier alpha value is -0.610. The summed E-state index contributed by atoms with van der Waals surface area (Å²) in [5.74, 6) is 0.364. The molecule has 2 atom stereocenters. The summed E-state index contributed by atoms with van der Waals surface area (Å²) >= 11 is 0. The van der Waals surface area contributed by atoms with Gasteiger partial charge in [0.1, 0.15) is 0 Å². The van der Waals surface area contributed by atoms with Crippen molar-refractivity contribution in [2.45, 2.75) is 51.7 Å². The molecule has 0 aromatic rings. The minimum atomic E-state index is 0.0593. The first-order valence-corrected chi connectivity index (χ1v) is 6.61. The highest BCUT2D eigenvalue weighted by Gasteiger charge is 2.33. The summed E-state index contributed by atoms with van der Waals surface area (Å²) < 4.78 is 6.02. The van der Waals surface area contributed by atoms with Crippen molar-refractivity contribution in [2.24, 2.45) is 11.1 Å². The summed E-state index contributed by atoms with van der Waals surface area (Å²) in [6.45, 7) is 9.46. The smallest absolute Gasteiger partial charge is 0.0710 e. The zero-order chi connectivity index (χ0) is 12.5. The molecule has 2 saturated heterocycles. The lowest BCUT2D eigenvalue weighted by Crippen LogP contribution is -2.43. The Kier molecular flexibility index (Phi) is 3.73. The molecule has 17 heavy (non-hydrogen) atoms. The largest absolute Gasteiger partial charge is 0.411 e. The van der Waals surface area contributed by atoms with Crippen LogP contribution >= 0.6 is 0 Å². The van der Waals surface area contributed by atoms with Crippen molar-refractivity contribution >= 4 is 5.71 Å². The van der Waals surface area contributed by atoms with E-state index in [1.165, 1.54) is 6.42 Å². The van der Waals surface area contributed by atoms with Crippen LogP contribution < -0.4 is 0 Å². The minimum Gasteiger partial charge on any atom is -0.411 e. The number of oxime groups is 1. The highest BCUT2D eigenvalue weighted by Crippen LogP contribution is 2.30. The van der Waals surface area contributed by atoms with Gasteiger partial charge in [-0.2, -0.15) is 0 Å². The predicted molar refractivity (Wildman–Crippen MR) is 67.6 cm³/mol. The van der Waals surface area contributed by atoms with Crippen LogP contribution in [-0.2, 0) is 4.74 Å². The second-order valence-electron chi connectivity index (χ2n) is 6.04. The van der Waals surface area contributed by atoms with Crippen LogP contribution in [-0.4, -0.2) is 47.2 Å². The molecule has 4 nitrogen and oxygen atoms in total. The second kappa shape index (κ2) is 4.94. The van der Waals surface area contributed by atoms with Crippen molar-refractivity contribution in [1.82, 2.24) is 4.90 Å². The van der Waals surface area contributed by atoms with Gasteiger partial charge in [-0.3, -0.25) is 4.90 Å². The van der Waals surface area contributed by atoms with E-state index in [2.05, 4.69) is 30.8 Å². The van der Waals surface area contributed by atoms with Crippen molar-refractivity contribution in [2.75, 3.05) is 19.6 Å². The van der Waals surface area contributed by atoms with E-state index in [4.69, 9.17) is 9.94 Å². The number of nitrogens with zero attached hydrogens (tertiary/aromatic N) is 2. The number of rotatable bonds is 2. The maximum absolute atomic E-state index is 8.85. The number of likely N-dealkylation sites (tertiary alicyclic amines) is 1. The van der Waals surface area contributed by atoms with E-state index in [-0.39, 0.29) is 5.60 Å². The van der Waals surface area contributed by atoms with Crippen molar-refractivity contribution in [3.63, 3.8) is 0 Å². The number of hydrogen-bond acceptors (Lipinski definition) is 4. The predicted octanol–water partition coefficient (Wildman–Crippen LogP) is 2.12. The molecule has 4 heteroatoms. The van der Waals surface area contributed by atoms with Crippen LogP contribution in [0, 0.1) is 5.92 Å². The molecule has 1 N–H and O–H groups in total. The molecule has 0 amide bonds. The van der Waals surface area contributed by atoms with E-state index in [0.717, 1.165) is 38.2 Å². The van der Waals surface area contributed by atoms with Crippen LogP contribution in [0.25, 0.3) is 0 Å². The Morgan fingerprint density at radius 2 is 2.29 bits per heavy atom. The Bertz CT molecular complexity index is 302. The summed E-state index contributed by atoms with van der Waals surface area (Å²) in [4.78, 5) is 2.44. The lowest BCUT2D eigenvalue weighted by Gasteiger charge is -2.33. The van der Waals surface area contributed by atoms with Gasteiger partial charge in [0.2, 0.25) is 0 Å². The molecule has 0 spiro atoms. The fourth-order valence-electron chi connectivity index (χ4n) is 2.91. The fourth-order valence-corrected chi connectivity index (χ4v) is 2.91. The van der Waals surface area contributed by atoms with Crippen LogP contribution in [0.3, 0.4) is 0 Å². The number of piperidine rings is 1. The zero-order valence-corrected chi connectivity index (χ0v) is 11.1. The third-order valence-electron chi connectivity index (χ3n) is 3.93. The topological polar surface area (TPSA) is 45.1 Å². The van der Waals surface area contributed by atoms with E-state index >= 15 is 0 Å². The van der Waals surface area contributed by atoms with Gasteiger partial charge < -0.3 is 9.94 Å². The maximum Gasteiger partial charge on any atom is 0.0710 e. The summed E-state index contributed by atoms with van der Waals surface area (Å²) in [6.07, 6.45) is 3.58. The Morgan fingerprint density at radius 3 is 2.82 bits per heavy atom. The zero-order valence-electron chi connectivity index (χ0n) is 11.1. The van der Waals surface area contributed by atoms with Gasteiger partial charge in [-0.05, 0) is 26.7 Å². The molecule has 0 saturated carbocycles. The van der Waals surface area contributed by atoms with E-state index in [1.807, 2.05) is 0 Å². The molecule has 2 aliphatic heterocycles.